The second kappa shape index (κ2) is 7.01. The zero-order valence-corrected chi connectivity index (χ0v) is 15.6. The van der Waals surface area contributed by atoms with E-state index in [0.29, 0.717) is 28.7 Å². The molecule has 5 rings (SSSR count). The highest BCUT2D eigenvalue weighted by Gasteiger charge is 2.34. The lowest BCUT2D eigenvalue weighted by atomic mass is 10.1. The van der Waals surface area contributed by atoms with Gasteiger partial charge in [0.05, 0.1) is 6.54 Å². The molecule has 0 spiro atoms. The molecular formula is C22H18N2O5. The molecule has 0 fully saturated rings. The molecule has 1 aliphatic rings. The molecule has 0 unspecified atom stereocenters. The first kappa shape index (κ1) is 17.4. The Hall–Kier alpha value is -3.74. The number of benzene rings is 2. The summed E-state index contributed by atoms with van der Waals surface area (Å²) in [5.41, 5.74) is 1.36. The molecule has 146 valence electrons. The number of carbonyl (C=O) groups excluding carboxylic acids is 1. The predicted octanol–water partition coefficient (Wildman–Crippen LogP) is 3.93. The number of aromatic nitrogens is 1. The van der Waals surface area contributed by atoms with Crippen LogP contribution in [0, 0.1) is 0 Å². The van der Waals surface area contributed by atoms with Gasteiger partial charge in [-0.25, -0.2) is 0 Å². The maximum absolute atomic E-state index is 12.6. The van der Waals surface area contributed by atoms with Crippen LogP contribution in [0.25, 0.3) is 22.5 Å². The SMILES string of the molecule is C[C@@H]1Oc2ccccc2O[C@@H]1C(=O)NCc1cc(-c2cc3ccccc3o2)on1. The van der Waals surface area contributed by atoms with Crippen molar-refractivity contribution in [2.24, 2.45) is 0 Å². The zero-order chi connectivity index (χ0) is 19.8. The molecule has 29 heavy (non-hydrogen) atoms. The van der Waals surface area contributed by atoms with Crippen molar-refractivity contribution in [3.05, 3.63) is 66.4 Å². The van der Waals surface area contributed by atoms with E-state index in [0.717, 1.165) is 11.0 Å². The highest BCUT2D eigenvalue weighted by molar-refractivity contribution is 5.83. The van der Waals surface area contributed by atoms with Crippen molar-refractivity contribution in [2.75, 3.05) is 0 Å². The number of fused-ring (bicyclic) bond motifs is 2. The lowest BCUT2D eigenvalue weighted by Crippen LogP contribution is -2.48. The second-order valence-electron chi connectivity index (χ2n) is 6.86. The van der Waals surface area contributed by atoms with Crippen molar-refractivity contribution in [1.29, 1.82) is 0 Å². The maximum atomic E-state index is 12.6. The summed E-state index contributed by atoms with van der Waals surface area (Å²) in [6, 6.07) is 18.6. The Labute approximate surface area is 166 Å². The smallest absolute Gasteiger partial charge is 0.265 e. The summed E-state index contributed by atoms with van der Waals surface area (Å²) in [5, 5.41) is 7.82. The number of nitrogens with one attached hydrogen (secondary N) is 1. The minimum atomic E-state index is -0.744. The minimum absolute atomic E-state index is 0.205. The van der Waals surface area contributed by atoms with Crippen LogP contribution in [0.4, 0.5) is 0 Å². The van der Waals surface area contributed by atoms with E-state index < -0.39 is 12.2 Å². The molecule has 0 radical (unpaired) electrons. The summed E-state index contributed by atoms with van der Waals surface area (Å²) in [5.74, 6) is 2.01. The number of furan rings is 1. The van der Waals surface area contributed by atoms with E-state index in [1.165, 1.54) is 0 Å². The van der Waals surface area contributed by atoms with Crippen molar-refractivity contribution in [3.63, 3.8) is 0 Å². The van der Waals surface area contributed by atoms with Gasteiger partial charge in [0.2, 0.25) is 11.9 Å². The third-order valence-corrected chi connectivity index (χ3v) is 4.77. The molecule has 1 amide bonds. The molecule has 0 aliphatic carbocycles. The fourth-order valence-electron chi connectivity index (χ4n) is 3.30. The van der Waals surface area contributed by atoms with E-state index in [4.69, 9.17) is 18.4 Å². The fourth-order valence-corrected chi connectivity index (χ4v) is 3.30. The summed E-state index contributed by atoms with van der Waals surface area (Å²) in [4.78, 5) is 12.6. The summed E-state index contributed by atoms with van der Waals surface area (Å²) < 4.78 is 22.7. The molecule has 2 atom stereocenters. The van der Waals surface area contributed by atoms with Gasteiger partial charge in [-0.05, 0) is 31.2 Å². The minimum Gasteiger partial charge on any atom is -0.482 e. The number of para-hydroxylation sites is 3. The van der Waals surface area contributed by atoms with Crippen LogP contribution in [0.2, 0.25) is 0 Å². The van der Waals surface area contributed by atoms with Crippen molar-refractivity contribution in [2.45, 2.75) is 25.7 Å². The number of carbonyl (C=O) groups is 1. The van der Waals surface area contributed by atoms with Gasteiger partial charge in [0.15, 0.2) is 17.3 Å². The Morgan fingerprint density at radius 1 is 1.00 bits per heavy atom. The van der Waals surface area contributed by atoms with Crippen LogP contribution in [-0.4, -0.2) is 23.3 Å². The molecule has 0 saturated carbocycles. The normalized spacial score (nSPS) is 18.0. The Balaban J connectivity index is 1.25. The average Bonchev–Trinajstić information content (AvgIpc) is 3.38. The third-order valence-electron chi connectivity index (χ3n) is 4.77. The van der Waals surface area contributed by atoms with Crippen LogP contribution in [0.3, 0.4) is 0 Å². The molecule has 2 aromatic heterocycles. The maximum Gasteiger partial charge on any atom is 0.265 e. The molecular weight excluding hydrogens is 372 g/mol. The lowest BCUT2D eigenvalue weighted by molar-refractivity contribution is -0.133. The molecule has 4 aromatic rings. The van der Waals surface area contributed by atoms with E-state index in [1.54, 1.807) is 19.1 Å². The molecule has 7 nitrogen and oxygen atoms in total. The van der Waals surface area contributed by atoms with E-state index in [2.05, 4.69) is 10.5 Å². The molecule has 2 aromatic carbocycles. The van der Waals surface area contributed by atoms with Gasteiger partial charge in [-0.1, -0.05) is 35.5 Å². The van der Waals surface area contributed by atoms with Gasteiger partial charge < -0.3 is 23.7 Å². The van der Waals surface area contributed by atoms with Gasteiger partial charge in [0.1, 0.15) is 17.4 Å². The second-order valence-corrected chi connectivity index (χ2v) is 6.86. The van der Waals surface area contributed by atoms with E-state index in [1.807, 2.05) is 48.5 Å². The van der Waals surface area contributed by atoms with Crippen molar-refractivity contribution >= 4 is 16.9 Å². The van der Waals surface area contributed by atoms with Gasteiger partial charge >= 0.3 is 0 Å². The number of nitrogens with zero attached hydrogens (tertiary/aromatic N) is 1. The average molecular weight is 390 g/mol. The van der Waals surface area contributed by atoms with Gasteiger partial charge in [0, 0.05) is 11.5 Å². The van der Waals surface area contributed by atoms with Crippen molar-refractivity contribution < 1.29 is 23.2 Å². The molecule has 7 heteroatoms. The van der Waals surface area contributed by atoms with E-state index in [9.17, 15) is 4.79 Å². The van der Waals surface area contributed by atoms with Crippen LogP contribution >= 0.6 is 0 Å². The van der Waals surface area contributed by atoms with E-state index in [-0.39, 0.29) is 12.5 Å². The molecule has 0 saturated heterocycles. The monoisotopic (exact) mass is 390 g/mol. The highest BCUT2D eigenvalue weighted by Crippen LogP contribution is 2.33. The number of amides is 1. The van der Waals surface area contributed by atoms with E-state index >= 15 is 0 Å². The van der Waals surface area contributed by atoms with Crippen LogP contribution in [-0.2, 0) is 11.3 Å². The molecule has 0 bridgehead atoms. The van der Waals surface area contributed by atoms with Crippen LogP contribution < -0.4 is 14.8 Å². The molecule has 1 N–H and O–H groups in total. The number of hydrogen-bond acceptors (Lipinski definition) is 6. The lowest BCUT2D eigenvalue weighted by Gasteiger charge is -2.30. The van der Waals surface area contributed by atoms with Crippen molar-refractivity contribution in [3.8, 4) is 23.0 Å². The van der Waals surface area contributed by atoms with Crippen LogP contribution in [0.15, 0.2) is 69.6 Å². The first-order chi connectivity index (χ1) is 14.2. The number of rotatable bonds is 4. The Morgan fingerprint density at radius 2 is 1.76 bits per heavy atom. The Kier molecular flexibility index (Phi) is 4.20. The molecule has 3 heterocycles. The van der Waals surface area contributed by atoms with Crippen LogP contribution in [0.1, 0.15) is 12.6 Å². The summed E-state index contributed by atoms with van der Waals surface area (Å²) in [6.45, 7) is 2.01. The number of ether oxygens (including phenoxy) is 2. The van der Waals surface area contributed by atoms with Gasteiger partial charge in [0.25, 0.3) is 5.91 Å². The van der Waals surface area contributed by atoms with Gasteiger partial charge in [-0.15, -0.1) is 0 Å². The summed E-state index contributed by atoms with van der Waals surface area (Å²) in [7, 11) is 0. The third kappa shape index (κ3) is 3.31. The zero-order valence-electron chi connectivity index (χ0n) is 15.6. The van der Waals surface area contributed by atoms with Gasteiger partial charge in [-0.2, -0.15) is 0 Å². The summed E-state index contributed by atoms with van der Waals surface area (Å²) in [6.07, 6.45) is -1.15. The highest BCUT2D eigenvalue weighted by atomic mass is 16.6. The Bertz CT molecular complexity index is 1150. The standard InChI is InChI=1S/C22H18N2O5/c1-13-21(28-18-9-5-4-8-17(18)26-13)22(25)23-12-15-11-20(29-24-15)19-10-14-6-2-3-7-16(14)27-19/h2-11,13,21H,12H2,1H3,(H,23,25)/t13-,21-/m0/s1. The van der Waals surface area contributed by atoms with Crippen molar-refractivity contribution in [1.82, 2.24) is 10.5 Å². The van der Waals surface area contributed by atoms with Gasteiger partial charge in [-0.3, -0.25) is 4.79 Å². The first-order valence-corrected chi connectivity index (χ1v) is 9.32. The summed E-state index contributed by atoms with van der Waals surface area (Å²) >= 11 is 0. The molecule has 1 aliphatic heterocycles. The Morgan fingerprint density at radius 3 is 2.59 bits per heavy atom. The van der Waals surface area contributed by atoms with Crippen LogP contribution in [0.5, 0.6) is 11.5 Å². The number of hydrogen-bond donors (Lipinski definition) is 1. The fraction of sp³-hybridized carbons (Fsp3) is 0.182. The topological polar surface area (TPSA) is 86.7 Å². The largest absolute Gasteiger partial charge is 0.482 e. The first-order valence-electron chi connectivity index (χ1n) is 9.32. The predicted molar refractivity (Wildman–Crippen MR) is 105 cm³/mol. The quantitative estimate of drug-likeness (QED) is 0.568.